The summed E-state index contributed by atoms with van der Waals surface area (Å²) >= 11 is 0. The molecule has 4 nitrogen and oxygen atoms in total. The zero-order chi connectivity index (χ0) is 40.8. The monoisotopic (exact) mass is 790 g/mol. The lowest BCUT2D eigenvalue weighted by atomic mass is 9.56. The van der Waals surface area contributed by atoms with Crippen LogP contribution in [0.3, 0.4) is 0 Å². The lowest BCUT2D eigenvalue weighted by molar-refractivity contribution is 0.204. The summed E-state index contributed by atoms with van der Waals surface area (Å²) in [4.78, 5) is 20.0. The molecule has 306 valence electrons. The molecule has 0 aromatic carbocycles. The topological polar surface area (TPSA) is 57.4 Å². The number of allylic oxidation sites excluding steroid dienone is 12. The van der Waals surface area contributed by atoms with Crippen molar-refractivity contribution < 1.29 is 0 Å². The van der Waals surface area contributed by atoms with Crippen LogP contribution in [0.1, 0.15) is 175 Å². The van der Waals surface area contributed by atoms with E-state index in [9.17, 15) is 0 Å². The second kappa shape index (κ2) is 11.7. The first-order valence-electron chi connectivity index (χ1n) is 24.0. The van der Waals surface area contributed by atoms with E-state index in [1.807, 2.05) is 0 Å². The van der Waals surface area contributed by atoms with Crippen LogP contribution in [0.2, 0.25) is 0 Å². The summed E-state index contributed by atoms with van der Waals surface area (Å²) in [5, 5.41) is 0. The molecule has 12 atom stereocenters. The Hall–Kier alpha value is -4.44. The molecule has 0 saturated carbocycles. The largest absolute Gasteiger partial charge is 0.355 e. The molecule has 3 aromatic rings. The van der Waals surface area contributed by atoms with E-state index in [0.717, 1.165) is 11.4 Å². The van der Waals surface area contributed by atoms with Crippen LogP contribution in [0, 0.1) is 45.3 Å². The van der Waals surface area contributed by atoms with Gasteiger partial charge in [0.2, 0.25) is 0 Å². The van der Waals surface area contributed by atoms with Crippen molar-refractivity contribution in [2.45, 2.75) is 130 Å². The molecule has 0 radical (unpaired) electrons. The summed E-state index contributed by atoms with van der Waals surface area (Å²) in [6.07, 6.45) is 29.8. The molecule has 0 saturated heterocycles. The van der Waals surface area contributed by atoms with Crippen molar-refractivity contribution in [3.63, 3.8) is 0 Å². The van der Waals surface area contributed by atoms with Crippen LogP contribution in [0.25, 0.3) is 44.4 Å². The van der Waals surface area contributed by atoms with E-state index in [0.29, 0.717) is 47.3 Å². The normalized spacial score (nSPS) is 39.2. The molecule has 2 aliphatic heterocycles. The first kappa shape index (κ1) is 36.2. The van der Waals surface area contributed by atoms with Gasteiger partial charge in [-0.05, 0) is 142 Å². The summed E-state index contributed by atoms with van der Waals surface area (Å²) in [7, 11) is 0. The molecule has 5 heterocycles. The van der Waals surface area contributed by atoms with Crippen molar-refractivity contribution in [1.29, 1.82) is 0 Å². The van der Waals surface area contributed by atoms with E-state index in [-0.39, 0.29) is 21.7 Å². The number of fused-ring (bicyclic) bond motifs is 12. The maximum Gasteiger partial charge on any atom is 0.0700 e. The molecule has 60 heavy (non-hydrogen) atoms. The van der Waals surface area contributed by atoms with Crippen LogP contribution in [0.4, 0.5) is 0 Å². The molecule has 12 unspecified atom stereocenters. The van der Waals surface area contributed by atoms with Crippen molar-refractivity contribution in [1.82, 2.24) is 19.9 Å². The zero-order valence-electron chi connectivity index (χ0n) is 37.1. The fourth-order valence-electron chi connectivity index (χ4n) is 15.3. The summed E-state index contributed by atoms with van der Waals surface area (Å²) in [5.74, 6) is 3.02. The second-order valence-corrected chi connectivity index (χ2v) is 22.3. The summed E-state index contributed by atoms with van der Waals surface area (Å²) < 4.78 is 0. The fraction of sp³-hybridized carbons (Fsp3) is 0.500. The van der Waals surface area contributed by atoms with Crippen LogP contribution in [0.5, 0.6) is 0 Å². The Morgan fingerprint density at radius 3 is 1.15 bits per heavy atom. The van der Waals surface area contributed by atoms with Gasteiger partial charge >= 0.3 is 0 Å². The van der Waals surface area contributed by atoms with Gasteiger partial charge in [-0.25, -0.2) is 9.97 Å². The zero-order valence-corrected chi connectivity index (χ0v) is 37.1. The van der Waals surface area contributed by atoms with Gasteiger partial charge in [0, 0.05) is 69.4 Å². The van der Waals surface area contributed by atoms with Crippen molar-refractivity contribution in [3.05, 3.63) is 118 Å². The third kappa shape index (κ3) is 4.39. The number of H-pyrrole nitrogens is 2. The standard InChI is InChI=1S/C56H62N4/c1-9-53(5)25-29-13-17-33(53)49-41-23-42-50-34-18-14-31(27-54(34,6)10-2)47(50)39(58-42)22-40-48-32-16-20-36(56(8,12-4)28-32)52(48)44(60-40)24-43-51-35-19-15-30(26-55(35,7)11-3)46(51)38(59-43)21-37(57-41)45(29)49/h13-24,29-36,57,59H,9-12,25-28H2,1-8H3. The molecule has 14 aliphatic rings. The number of aromatic amines is 2. The Balaban J connectivity index is 1.18. The highest BCUT2D eigenvalue weighted by molar-refractivity contribution is 6.02. The number of rotatable bonds is 4. The minimum Gasteiger partial charge on any atom is -0.355 e. The van der Waals surface area contributed by atoms with Gasteiger partial charge in [-0.15, -0.1) is 0 Å². The smallest absolute Gasteiger partial charge is 0.0700 e. The molecular weight excluding hydrogens is 729 g/mol. The molecule has 4 heteroatoms. The number of nitrogens with one attached hydrogen (secondary N) is 2. The van der Waals surface area contributed by atoms with E-state index in [1.54, 1.807) is 0 Å². The highest BCUT2D eigenvalue weighted by Crippen LogP contribution is 2.64. The highest BCUT2D eigenvalue weighted by Gasteiger charge is 2.52. The van der Waals surface area contributed by atoms with Gasteiger partial charge in [0.1, 0.15) is 0 Å². The van der Waals surface area contributed by atoms with E-state index < -0.39 is 0 Å². The van der Waals surface area contributed by atoms with Crippen LogP contribution in [0.15, 0.2) is 72.9 Å². The molecule has 12 aliphatic carbocycles. The van der Waals surface area contributed by atoms with Crippen LogP contribution in [-0.2, 0) is 0 Å². The Labute approximate surface area is 356 Å². The molecule has 0 fully saturated rings. The Morgan fingerprint density at radius 2 is 0.733 bits per heavy atom. The van der Waals surface area contributed by atoms with Gasteiger partial charge in [-0.1, -0.05) is 104 Å². The lowest BCUT2D eigenvalue weighted by Crippen LogP contribution is -2.36. The first-order valence-corrected chi connectivity index (χ1v) is 24.0. The third-order valence-electron chi connectivity index (χ3n) is 19.4. The van der Waals surface area contributed by atoms with Gasteiger partial charge in [-0.3, -0.25) is 0 Å². The number of hydrogen-bond acceptors (Lipinski definition) is 2. The predicted octanol–water partition coefficient (Wildman–Crippen LogP) is 14.5. The van der Waals surface area contributed by atoms with Gasteiger partial charge < -0.3 is 9.97 Å². The first-order chi connectivity index (χ1) is 28.9. The van der Waals surface area contributed by atoms with E-state index in [1.165, 1.54) is 129 Å². The minimum absolute atomic E-state index is 0.220. The number of aromatic nitrogens is 4. The highest BCUT2D eigenvalue weighted by atomic mass is 14.8. The van der Waals surface area contributed by atoms with Gasteiger partial charge in [0.25, 0.3) is 0 Å². The van der Waals surface area contributed by atoms with Gasteiger partial charge in [0.15, 0.2) is 0 Å². The molecule has 16 bridgehead atoms. The molecule has 0 spiro atoms. The van der Waals surface area contributed by atoms with Gasteiger partial charge in [-0.2, -0.15) is 0 Å². The quantitative estimate of drug-likeness (QED) is 0.259. The van der Waals surface area contributed by atoms with Crippen molar-refractivity contribution >= 4 is 44.4 Å². The lowest BCUT2D eigenvalue weighted by Gasteiger charge is -2.47. The van der Waals surface area contributed by atoms with Crippen LogP contribution in [-0.4, -0.2) is 19.9 Å². The fourth-order valence-corrected chi connectivity index (χ4v) is 15.3. The third-order valence-corrected chi connectivity index (χ3v) is 19.4. The van der Waals surface area contributed by atoms with Crippen LogP contribution < -0.4 is 0 Å². The number of nitrogens with zero attached hydrogens (tertiary/aromatic N) is 2. The van der Waals surface area contributed by atoms with Crippen molar-refractivity contribution in [3.8, 4) is 0 Å². The molecule has 3 aromatic heterocycles. The SMILES string of the molecule is CCC1(C)CC2C=CC1C1=C2c2cc3nc(cc4[nH]c(cc5[nH]c(cc1n2)c1c5C2C=CC1C(C)(CC)C2)c1c4C2C=CC1CC2(C)CC)C1=C3C2C=CC1C(C)(CC)C2. The van der Waals surface area contributed by atoms with E-state index >= 15 is 0 Å². The molecule has 0 amide bonds. The second-order valence-electron chi connectivity index (χ2n) is 22.3. The van der Waals surface area contributed by atoms with Crippen molar-refractivity contribution in [2.75, 3.05) is 0 Å². The van der Waals surface area contributed by atoms with E-state index in [2.05, 4.69) is 138 Å². The Kier molecular flexibility index (Phi) is 7.08. The summed E-state index contributed by atoms with van der Waals surface area (Å²) in [6.45, 7) is 19.8. The Bertz CT molecular complexity index is 2660. The van der Waals surface area contributed by atoms with Crippen molar-refractivity contribution in [2.24, 2.45) is 45.3 Å². The van der Waals surface area contributed by atoms with Gasteiger partial charge in [0.05, 0.1) is 22.8 Å². The van der Waals surface area contributed by atoms with Crippen LogP contribution >= 0.6 is 0 Å². The Morgan fingerprint density at radius 1 is 0.400 bits per heavy atom. The molecule has 2 N–H and O–H groups in total. The maximum atomic E-state index is 5.80. The average molecular weight is 791 g/mol. The number of hydrogen-bond donors (Lipinski definition) is 2. The van der Waals surface area contributed by atoms with E-state index in [4.69, 9.17) is 9.97 Å². The molecule has 17 rings (SSSR count). The predicted molar refractivity (Wildman–Crippen MR) is 248 cm³/mol. The maximum absolute atomic E-state index is 5.80. The summed E-state index contributed by atoms with van der Waals surface area (Å²) in [6, 6.07) is 10.00. The molecular formula is C56H62N4. The summed E-state index contributed by atoms with van der Waals surface area (Å²) in [5.41, 5.74) is 22.7. The minimum atomic E-state index is 0.220. The average Bonchev–Trinajstić information content (AvgIpc) is 4.02.